The Balaban J connectivity index is 1.02. The first-order chi connectivity index (χ1) is 23.8. The van der Waals surface area contributed by atoms with Crippen molar-refractivity contribution in [3.05, 3.63) is 77.7 Å². The van der Waals surface area contributed by atoms with Gasteiger partial charge in [-0.25, -0.2) is 9.37 Å². The topological polar surface area (TPSA) is 99.2 Å². The van der Waals surface area contributed by atoms with E-state index in [0.29, 0.717) is 24.3 Å². The van der Waals surface area contributed by atoms with Gasteiger partial charge in [0.25, 0.3) is 5.91 Å². The van der Waals surface area contributed by atoms with Crippen LogP contribution in [0.15, 0.2) is 65.8 Å². The maximum absolute atomic E-state index is 14.3. The minimum Gasteiger partial charge on any atom is -0.438 e. The zero-order valence-corrected chi connectivity index (χ0v) is 29.3. The van der Waals surface area contributed by atoms with Crippen molar-refractivity contribution in [2.75, 3.05) is 45.5 Å². The summed E-state index contributed by atoms with van der Waals surface area (Å²) in [6.45, 7) is 7.70. The van der Waals surface area contributed by atoms with Crippen molar-refractivity contribution in [3.8, 4) is 22.8 Å². The standard InChI is InChI=1S/C38H47FN6O3S/c1-26-41-35(25-49-26)37(47)43-32-15-13-31(14-16-32)42-36(46)34-23-30(39)24-40-38(34)48-33-8-3-7-29(22-33)28-11-9-27(10-12-28)6-4-18-45-19-5-17-44(2)20-21-45/h3,7-12,22-24,31-32,35H,4-6,13-21,25H2,1-2H3,(H,42,46)(H,43,47). The van der Waals surface area contributed by atoms with Crippen LogP contribution in [0.1, 0.15) is 61.4 Å². The second-order valence-corrected chi connectivity index (χ2v) is 14.7. The lowest BCUT2D eigenvalue weighted by atomic mass is 9.90. The molecule has 1 saturated carbocycles. The first-order valence-corrected chi connectivity index (χ1v) is 18.5. The molecule has 2 amide bonds. The van der Waals surface area contributed by atoms with Crippen LogP contribution in [-0.2, 0) is 11.2 Å². The van der Waals surface area contributed by atoms with Crippen LogP contribution in [0.2, 0.25) is 0 Å². The fourth-order valence-electron chi connectivity index (χ4n) is 6.79. The van der Waals surface area contributed by atoms with Gasteiger partial charge in [-0.3, -0.25) is 14.6 Å². The van der Waals surface area contributed by atoms with Crippen molar-refractivity contribution in [3.63, 3.8) is 0 Å². The molecule has 0 spiro atoms. The number of aryl methyl sites for hydroxylation is 1. The number of hydrogen-bond acceptors (Lipinski definition) is 8. The van der Waals surface area contributed by atoms with E-state index in [1.54, 1.807) is 17.8 Å². The number of aliphatic imine (C=N–C) groups is 1. The van der Waals surface area contributed by atoms with E-state index in [9.17, 15) is 14.0 Å². The Morgan fingerprint density at radius 2 is 1.73 bits per heavy atom. The Hall–Kier alpha value is -3.80. The Morgan fingerprint density at radius 1 is 0.959 bits per heavy atom. The van der Waals surface area contributed by atoms with Gasteiger partial charge < -0.3 is 25.2 Å². The first-order valence-electron chi connectivity index (χ1n) is 17.5. The molecule has 2 aromatic carbocycles. The lowest BCUT2D eigenvalue weighted by molar-refractivity contribution is -0.122. The molecule has 2 fully saturated rings. The number of hydrogen-bond donors (Lipinski definition) is 2. The second kappa shape index (κ2) is 16.7. The molecule has 1 aliphatic carbocycles. The lowest BCUT2D eigenvalue weighted by Gasteiger charge is -2.30. The van der Waals surface area contributed by atoms with Crippen molar-refractivity contribution in [1.29, 1.82) is 0 Å². The fraction of sp³-hybridized carbons (Fsp3) is 0.474. The third kappa shape index (κ3) is 9.89. The van der Waals surface area contributed by atoms with Gasteiger partial charge in [-0.1, -0.05) is 36.4 Å². The predicted octanol–water partition coefficient (Wildman–Crippen LogP) is 5.94. The van der Waals surface area contributed by atoms with E-state index in [4.69, 9.17) is 4.74 Å². The monoisotopic (exact) mass is 686 g/mol. The number of ether oxygens (including phenoxy) is 1. The molecule has 1 atom stereocenters. The molecule has 11 heteroatoms. The van der Waals surface area contributed by atoms with Gasteiger partial charge in [0.05, 0.1) is 11.2 Å². The molecule has 49 heavy (non-hydrogen) atoms. The van der Waals surface area contributed by atoms with Crippen molar-refractivity contribution in [2.24, 2.45) is 4.99 Å². The molecule has 6 rings (SSSR count). The third-order valence-electron chi connectivity index (χ3n) is 9.65. The summed E-state index contributed by atoms with van der Waals surface area (Å²) in [4.78, 5) is 39.5. The number of thioether (sulfide) groups is 1. The van der Waals surface area contributed by atoms with E-state index >= 15 is 0 Å². The van der Waals surface area contributed by atoms with Crippen LogP contribution in [-0.4, -0.2) is 95.3 Å². The van der Waals surface area contributed by atoms with Crippen LogP contribution in [0, 0.1) is 5.82 Å². The number of nitrogens with zero attached hydrogens (tertiary/aromatic N) is 4. The molecule has 260 valence electrons. The highest BCUT2D eigenvalue weighted by molar-refractivity contribution is 8.14. The van der Waals surface area contributed by atoms with Crippen molar-refractivity contribution in [1.82, 2.24) is 25.4 Å². The van der Waals surface area contributed by atoms with Gasteiger partial charge >= 0.3 is 0 Å². The van der Waals surface area contributed by atoms with Gasteiger partial charge in [-0.05, 0) is 113 Å². The lowest BCUT2D eigenvalue weighted by Crippen LogP contribution is -2.46. The van der Waals surface area contributed by atoms with Crippen LogP contribution in [0.5, 0.6) is 11.6 Å². The zero-order valence-electron chi connectivity index (χ0n) is 28.5. The summed E-state index contributed by atoms with van der Waals surface area (Å²) in [7, 11) is 2.20. The van der Waals surface area contributed by atoms with Gasteiger partial charge in [0, 0.05) is 30.9 Å². The number of halogens is 1. The van der Waals surface area contributed by atoms with E-state index < -0.39 is 11.7 Å². The number of aromatic nitrogens is 1. The molecule has 1 saturated heterocycles. The molecule has 3 aromatic rings. The molecule has 1 aromatic heterocycles. The summed E-state index contributed by atoms with van der Waals surface area (Å²) < 4.78 is 20.4. The molecule has 3 heterocycles. The number of pyridine rings is 1. The van der Waals surface area contributed by atoms with E-state index in [2.05, 4.69) is 61.7 Å². The largest absolute Gasteiger partial charge is 0.438 e. The predicted molar refractivity (Wildman–Crippen MR) is 194 cm³/mol. The fourth-order valence-corrected chi connectivity index (χ4v) is 7.61. The van der Waals surface area contributed by atoms with Crippen molar-refractivity contribution < 1.29 is 18.7 Å². The third-order valence-corrected chi connectivity index (χ3v) is 10.7. The van der Waals surface area contributed by atoms with Gasteiger partial charge in [0.2, 0.25) is 11.8 Å². The van der Waals surface area contributed by atoms with E-state index in [1.165, 1.54) is 31.1 Å². The summed E-state index contributed by atoms with van der Waals surface area (Å²) in [5.41, 5.74) is 3.40. The van der Waals surface area contributed by atoms with Crippen LogP contribution >= 0.6 is 11.8 Å². The van der Waals surface area contributed by atoms with Crippen LogP contribution in [0.25, 0.3) is 11.1 Å². The SMILES string of the molecule is CC1=NC(C(=O)NC2CCC(NC(=O)c3cc(F)cnc3Oc3cccc(-c4ccc(CCCN5CCCN(C)CC5)cc4)c3)CC2)CS1. The average molecular weight is 687 g/mol. The van der Waals surface area contributed by atoms with Gasteiger partial charge in [0.1, 0.15) is 23.2 Å². The Kier molecular flexibility index (Phi) is 12.0. The second-order valence-electron chi connectivity index (χ2n) is 13.4. The average Bonchev–Trinajstić information content (AvgIpc) is 3.44. The number of benzene rings is 2. The van der Waals surface area contributed by atoms with Gasteiger partial charge in [-0.15, -0.1) is 11.8 Å². The summed E-state index contributed by atoms with van der Waals surface area (Å²) in [5, 5.41) is 7.09. The Labute approximate surface area is 293 Å². The molecular formula is C38H47FN6O3S. The molecule has 2 N–H and O–H groups in total. The minimum atomic E-state index is -0.611. The highest BCUT2D eigenvalue weighted by Crippen LogP contribution is 2.30. The smallest absolute Gasteiger partial charge is 0.257 e. The number of amides is 2. The highest BCUT2D eigenvalue weighted by atomic mass is 32.2. The van der Waals surface area contributed by atoms with Crippen LogP contribution < -0.4 is 15.4 Å². The summed E-state index contributed by atoms with van der Waals surface area (Å²) in [5.74, 6) is 0.164. The Bertz CT molecular complexity index is 1630. The number of nitrogens with one attached hydrogen (secondary N) is 2. The van der Waals surface area contributed by atoms with Crippen LogP contribution in [0.4, 0.5) is 4.39 Å². The Morgan fingerprint density at radius 3 is 2.49 bits per heavy atom. The molecule has 0 bridgehead atoms. The minimum absolute atomic E-state index is 0.0343. The molecule has 9 nitrogen and oxygen atoms in total. The van der Waals surface area contributed by atoms with Crippen molar-refractivity contribution >= 4 is 28.6 Å². The van der Waals surface area contributed by atoms with Crippen molar-refractivity contribution in [2.45, 2.75) is 70.0 Å². The quantitative estimate of drug-likeness (QED) is 0.258. The van der Waals surface area contributed by atoms with Gasteiger partial charge in [0.15, 0.2) is 0 Å². The first kappa shape index (κ1) is 35.0. The van der Waals surface area contributed by atoms with E-state index in [0.717, 1.165) is 67.7 Å². The van der Waals surface area contributed by atoms with Crippen LogP contribution in [0.3, 0.4) is 0 Å². The summed E-state index contributed by atoms with van der Waals surface area (Å²) in [6, 6.07) is 17.1. The summed E-state index contributed by atoms with van der Waals surface area (Å²) >= 11 is 1.61. The summed E-state index contributed by atoms with van der Waals surface area (Å²) in [6.07, 6.45) is 7.37. The maximum atomic E-state index is 14.3. The van der Waals surface area contributed by atoms with Gasteiger partial charge in [-0.2, -0.15) is 0 Å². The maximum Gasteiger partial charge on any atom is 0.257 e. The number of rotatable bonds is 11. The van der Waals surface area contributed by atoms with E-state index in [-0.39, 0.29) is 35.5 Å². The molecule has 2 aliphatic heterocycles. The molecular weight excluding hydrogens is 640 g/mol. The molecule has 3 aliphatic rings. The number of likely N-dealkylation sites (N-methyl/N-ethyl adjacent to an activating group) is 1. The highest BCUT2D eigenvalue weighted by Gasteiger charge is 2.29. The normalized spacial score (nSPS) is 21.9. The molecule has 0 radical (unpaired) electrons. The number of carbonyl (C=O) groups excluding carboxylic acids is 2. The zero-order chi connectivity index (χ0) is 34.2. The molecule has 1 unspecified atom stereocenters. The van der Waals surface area contributed by atoms with E-state index in [1.807, 2.05) is 25.1 Å². The number of carbonyl (C=O) groups is 2.